The highest BCUT2D eigenvalue weighted by Gasteiger charge is 2.16. The van der Waals surface area contributed by atoms with Crippen LogP contribution in [-0.2, 0) is 0 Å². The molecule has 0 N–H and O–H groups in total. The molecule has 0 unspecified atom stereocenters. The summed E-state index contributed by atoms with van der Waals surface area (Å²) in [6.07, 6.45) is 4.43. The highest BCUT2D eigenvalue weighted by Crippen LogP contribution is 2.35. The number of allylic oxidation sites excluding steroid dienone is 1. The molecule has 0 spiro atoms. The van der Waals surface area contributed by atoms with Crippen molar-refractivity contribution in [2.24, 2.45) is 0 Å². The van der Waals surface area contributed by atoms with Crippen LogP contribution in [0, 0.1) is 20.3 Å². The van der Waals surface area contributed by atoms with E-state index in [0.29, 0.717) is 0 Å². The van der Waals surface area contributed by atoms with E-state index < -0.39 is 0 Å². The topological polar surface area (TPSA) is 0 Å². The number of fused-ring (bicyclic) bond motifs is 1. The van der Waals surface area contributed by atoms with E-state index in [0.717, 1.165) is 0 Å². The Bertz CT molecular complexity index is 603. The van der Waals surface area contributed by atoms with Crippen molar-refractivity contribution >= 4 is 5.57 Å². The smallest absolute Gasteiger partial charge is 0.0138 e. The van der Waals surface area contributed by atoms with Crippen molar-refractivity contribution in [1.29, 1.82) is 0 Å². The Morgan fingerprint density at radius 1 is 0.765 bits per heavy atom. The van der Waals surface area contributed by atoms with Gasteiger partial charge in [0.2, 0.25) is 0 Å². The minimum atomic E-state index is 1.32. The number of hydrogen-bond acceptors (Lipinski definition) is 0. The van der Waals surface area contributed by atoms with Crippen molar-refractivity contribution in [3.63, 3.8) is 0 Å². The molecule has 0 heteroatoms. The van der Waals surface area contributed by atoms with Gasteiger partial charge in [-0.25, -0.2) is 0 Å². The van der Waals surface area contributed by atoms with Crippen LogP contribution in [0.5, 0.6) is 0 Å². The zero-order valence-electron chi connectivity index (χ0n) is 10.2. The van der Waals surface area contributed by atoms with E-state index in [1.165, 1.54) is 33.4 Å². The SMILES string of the molecule is Cc1cccc(C2=C[CH]c3ccccc32)c1C. The number of benzene rings is 2. The average molecular weight is 219 g/mol. The van der Waals surface area contributed by atoms with Crippen LogP contribution >= 0.6 is 0 Å². The second-order valence-corrected chi connectivity index (χ2v) is 4.58. The van der Waals surface area contributed by atoms with E-state index in [1.807, 2.05) is 0 Å². The maximum absolute atomic E-state index is 2.23. The lowest BCUT2D eigenvalue weighted by Gasteiger charge is -2.11. The van der Waals surface area contributed by atoms with Crippen molar-refractivity contribution in [3.8, 4) is 0 Å². The van der Waals surface area contributed by atoms with Crippen molar-refractivity contribution in [2.45, 2.75) is 13.8 Å². The maximum Gasteiger partial charge on any atom is 0.0138 e. The molecule has 2 aromatic rings. The van der Waals surface area contributed by atoms with Gasteiger partial charge >= 0.3 is 0 Å². The first-order valence-electron chi connectivity index (χ1n) is 5.98. The van der Waals surface area contributed by atoms with Crippen molar-refractivity contribution in [2.75, 3.05) is 0 Å². The van der Waals surface area contributed by atoms with Gasteiger partial charge in [0, 0.05) is 6.42 Å². The molecule has 0 aromatic heterocycles. The van der Waals surface area contributed by atoms with Gasteiger partial charge < -0.3 is 0 Å². The molecule has 17 heavy (non-hydrogen) atoms. The monoisotopic (exact) mass is 219 g/mol. The fraction of sp³-hybridized carbons (Fsp3) is 0.118. The lowest BCUT2D eigenvalue weighted by molar-refractivity contribution is 1.31. The van der Waals surface area contributed by atoms with Gasteiger partial charge in [0.15, 0.2) is 0 Å². The fourth-order valence-electron chi connectivity index (χ4n) is 2.43. The number of hydrogen-bond donors (Lipinski definition) is 0. The van der Waals surface area contributed by atoms with Crippen LogP contribution < -0.4 is 0 Å². The highest BCUT2D eigenvalue weighted by molar-refractivity contribution is 5.88. The average Bonchev–Trinajstić information content (AvgIpc) is 2.77. The van der Waals surface area contributed by atoms with Gasteiger partial charge in [0.05, 0.1) is 0 Å². The number of rotatable bonds is 1. The molecule has 0 saturated carbocycles. The molecule has 83 valence electrons. The second-order valence-electron chi connectivity index (χ2n) is 4.58. The molecule has 0 heterocycles. The van der Waals surface area contributed by atoms with Crippen molar-refractivity contribution < 1.29 is 0 Å². The molecule has 3 rings (SSSR count). The summed E-state index contributed by atoms with van der Waals surface area (Å²) >= 11 is 0. The Balaban J connectivity index is 2.16. The third kappa shape index (κ3) is 1.61. The summed E-state index contributed by atoms with van der Waals surface area (Å²) in [7, 11) is 0. The van der Waals surface area contributed by atoms with Gasteiger partial charge in [-0.3, -0.25) is 0 Å². The molecule has 0 aliphatic heterocycles. The van der Waals surface area contributed by atoms with E-state index >= 15 is 0 Å². The molecule has 0 amide bonds. The van der Waals surface area contributed by atoms with Gasteiger partial charge in [0.1, 0.15) is 0 Å². The molecule has 0 fully saturated rings. The van der Waals surface area contributed by atoms with Crippen LogP contribution in [0.2, 0.25) is 0 Å². The first-order chi connectivity index (χ1) is 8.27. The molecule has 0 saturated heterocycles. The van der Waals surface area contributed by atoms with E-state index in [1.54, 1.807) is 0 Å². The zero-order chi connectivity index (χ0) is 11.8. The molecule has 1 aliphatic rings. The fourth-order valence-corrected chi connectivity index (χ4v) is 2.43. The van der Waals surface area contributed by atoms with Gasteiger partial charge in [0.25, 0.3) is 0 Å². The summed E-state index contributed by atoms with van der Waals surface area (Å²) in [5, 5.41) is 0. The van der Waals surface area contributed by atoms with E-state index in [4.69, 9.17) is 0 Å². The van der Waals surface area contributed by atoms with Crippen molar-refractivity contribution in [3.05, 3.63) is 82.8 Å². The van der Waals surface area contributed by atoms with E-state index in [2.05, 4.69) is 68.8 Å². The van der Waals surface area contributed by atoms with Crippen LogP contribution in [0.15, 0.2) is 48.5 Å². The largest absolute Gasteiger partial charge is 0.0676 e. The Morgan fingerprint density at radius 2 is 1.53 bits per heavy atom. The van der Waals surface area contributed by atoms with Crippen molar-refractivity contribution in [1.82, 2.24) is 0 Å². The second kappa shape index (κ2) is 3.89. The lowest BCUT2D eigenvalue weighted by Crippen LogP contribution is -1.92. The first-order valence-corrected chi connectivity index (χ1v) is 5.98. The maximum atomic E-state index is 2.23. The van der Waals surface area contributed by atoms with Gasteiger partial charge in [-0.2, -0.15) is 0 Å². The summed E-state index contributed by atoms with van der Waals surface area (Å²) in [5.74, 6) is 0. The highest BCUT2D eigenvalue weighted by atomic mass is 14.2. The minimum absolute atomic E-state index is 1.32. The molecular weight excluding hydrogens is 204 g/mol. The van der Waals surface area contributed by atoms with Crippen LogP contribution in [0.1, 0.15) is 27.8 Å². The summed E-state index contributed by atoms with van der Waals surface area (Å²) in [4.78, 5) is 0. The third-order valence-corrected chi connectivity index (χ3v) is 3.58. The van der Waals surface area contributed by atoms with Crippen LogP contribution in [0.3, 0.4) is 0 Å². The quantitative estimate of drug-likeness (QED) is 0.670. The molecule has 2 aromatic carbocycles. The summed E-state index contributed by atoms with van der Waals surface area (Å²) < 4.78 is 0. The number of aryl methyl sites for hydroxylation is 1. The molecule has 0 atom stereocenters. The Hall–Kier alpha value is -1.82. The van der Waals surface area contributed by atoms with Gasteiger partial charge in [-0.15, -0.1) is 0 Å². The lowest BCUT2D eigenvalue weighted by atomic mass is 9.93. The Morgan fingerprint density at radius 3 is 2.41 bits per heavy atom. The summed E-state index contributed by atoms with van der Waals surface area (Å²) in [6, 6.07) is 15.1. The first kappa shape index (κ1) is 10.3. The summed E-state index contributed by atoms with van der Waals surface area (Å²) in [5.41, 5.74) is 8.11. The molecule has 0 nitrogen and oxygen atoms in total. The molecule has 0 bridgehead atoms. The normalized spacial score (nSPS) is 13.4. The minimum Gasteiger partial charge on any atom is -0.0676 e. The standard InChI is InChI=1S/C17H15/c1-12-6-5-9-15(13(12)2)17-11-10-14-7-3-4-8-16(14)17/h3-11H,1-2H3. The zero-order valence-corrected chi connectivity index (χ0v) is 10.2. The predicted molar refractivity (Wildman–Crippen MR) is 72.8 cm³/mol. The Kier molecular flexibility index (Phi) is 2.36. The van der Waals surface area contributed by atoms with Crippen LogP contribution in [0.25, 0.3) is 5.57 Å². The Labute approximate surface area is 103 Å². The summed E-state index contributed by atoms with van der Waals surface area (Å²) in [6.45, 7) is 4.37. The molecule has 1 aliphatic carbocycles. The predicted octanol–water partition coefficient (Wildman–Crippen LogP) is 4.30. The van der Waals surface area contributed by atoms with Gasteiger partial charge in [-0.1, -0.05) is 48.5 Å². The van der Waals surface area contributed by atoms with E-state index in [9.17, 15) is 0 Å². The molecule has 1 radical (unpaired) electrons. The molecular formula is C17H15. The van der Waals surface area contributed by atoms with Crippen LogP contribution in [-0.4, -0.2) is 0 Å². The van der Waals surface area contributed by atoms with Gasteiger partial charge in [-0.05, 0) is 47.2 Å². The van der Waals surface area contributed by atoms with Crippen LogP contribution in [0.4, 0.5) is 0 Å². The van der Waals surface area contributed by atoms with E-state index in [-0.39, 0.29) is 0 Å². The third-order valence-electron chi connectivity index (χ3n) is 3.58.